The van der Waals surface area contributed by atoms with Crippen LogP contribution in [0.3, 0.4) is 0 Å². The van der Waals surface area contributed by atoms with Crippen molar-refractivity contribution in [3.63, 3.8) is 0 Å². The number of anilines is 1. The predicted octanol–water partition coefficient (Wildman–Crippen LogP) is 3.30. The number of alkyl halides is 3. The number of hydrogen-bond acceptors (Lipinski definition) is 5. The molecule has 1 saturated heterocycles. The molecule has 0 radical (unpaired) electrons. The monoisotopic (exact) mass is 480 g/mol. The highest BCUT2D eigenvalue weighted by molar-refractivity contribution is 7.89. The molecular weight excluding hydrogens is 457 g/mol. The Morgan fingerprint density at radius 1 is 1.12 bits per heavy atom. The van der Waals surface area contributed by atoms with Gasteiger partial charge >= 0.3 is 6.18 Å². The predicted molar refractivity (Wildman–Crippen MR) is 116 cm³/mol. The Labute approximate surface area is 190 Å². The van der Waals surface area contributed by atoms with E-state index >= 15 is 0 Å². The summed E-state index contributed by atoms with van der Waals surface area (Å²) in [6.45, 7) is 3.65. The van der Waals surface area contributed by atoms with E-state index < -0.39 is 39.8 Å². The number of piperazine rings is 1. The van der Waals surface area contributed by atoms with Crippen LogP contribution in [0.5, 0.6) is 0 Å². The van der Waals surface area contributed by atoms with Gasteiger partial charge in [-0.05, 0) is 44.2 Å². The Bertz CT molecular complexity index is 1170. The molecule has 0 aliphatic carbocycles. The Balaban J connectivity index is 1.71. The maximum atomic E-state index is 13.2. The number of amides is 1. The topological polar surface area (TPSA) is 93.5 Å². The zero-order valence-corrected chi connectivity index (χ0v) is 18.8. The number of sulfonamides is 1. The van der Waals surface area contributed by atoms with E-state index in [1.165, 1.54) is 46.8 Å². The van der Waals surface area contributed by atoms with Gasteiger partial charge in [-0.15, -0.1) is 0 Å². The highest BCUT2D eigenvalue weighted by atomic mass is 32.2. The maximum absolute atomic E-state index is 13.2. The summed E-state index contributed by atoms with van der Waals surface area (Å²) >= 11 is 0. The van der Waals surface area contributed by atoms with Crippen molar-refractivity contribution in [1.29, 1.82) is 5.26 Å². The minimum absolute atomic E-state index is 0.00945. The van der Waals surface area contributed by atoms with Gasteiger partial charge in [0.1, 0.15) is 0 Å². The van der Waals surface area contributed by atoms with Crippen LogP contribution in [0.4, 0.5) is 18.9 Å². The first-order valence-corrected chi connectivity index (χ1v) is 11.6. The van der Waals surface area contributed by atoms with Crippen molar-refractivity contribution < 1.29 is 26.4 Å². The highest BCUT2D eigenvalue weighted by Crippen LogP contribution is 2.34. The van der Waals surface area contributed by atoms with Crippen LogP contribution in [-0.2, 0) is 21.0 Å². The molecule has 2 atom stereocenters. The lowest BCUT2D eigenvalue weighted by Crippen LogP contribution is -2.59. The van der Waals surface area contributed by atoms with Crippen LogP contribution < -0.4 is 5.32 Å². The maximum Gasteiger partial charge on any atom is 0.418 e. The average molecular weight is 481 g/mol. The lowest BCUT2D eigenvalue weighted by atomic mass is 10.1. The van der Waals surface area contributed by atoms with E-state index in [2.05, 4.69) is 5.32 Å². The molecule has 1 aliphatic heterocycles. The van der Waals surface area contributed by atoms with Crippen LogP contribution in [0.15, 0.2) is 53.4 Å². The fourth-order valence-corrected chi connectivity index (χ4v) is 5.95. The summed E-state index contributed by atoms with van der Waals surface area (Å²) in [6, 6.07) is 11.4. The number of nitrogens with zero attached hydrogens (tertiary/aromatic N) is 3. The summed E-state index contributed by atoms with van der Waals surface area (Å²) in [5, 5.41) is 11.4. The molecule has 7 nitrogen and oxygen atoms in total. The van der Waals surface area contributed by atoms with Crippen molar-refractivity contribution in [2.45, 2.75) is 37.0 Å². The number of rotatable bonds is 5. The van der Waals surface area contributed by atoms with Crippen molar-refractivity contribution in [2.24, 2.45) is 0 Å². The molecule has 2 aromatic rings. The fraction of sp³-hybridized carbons (Fsp3) is 0.364. The molecule has 1 amide bonds. The Hall–Kier alpha value is -2.94. The fourth-order valence-electron chi connectivity index (χ4n) is 4.10. The van der Waals surface area contributed by atoms with Gasteiger partial charge in [-0.2, -0.15) is 22.7 Å². The summed E-state index contributed by atoms with van der Waals surface area (Å²) in [5.74, 6) is -0.621. The molecule has 1 N–H and O–H groups in total. The van der Waals surface area contributed by atoms with Crippen molar-refractivity contribution in [2.75, 3.05) is 25.0 Å². The summed E-state index contributed by atoms with van der Waals surface area (Å²) < 4.78 is 67.2. The van der Waals surface area contributed by atoms with Gasteiger partial charge < -0.3 is 5.32 Å². The Morgan fingerprint density at radius 2 is 1.76 bits per heavy atom. The van der Waals surface area contributed by atoms with Crippen LogP contribution >= 0.6 is 0 Å². The molecule has 0 spiro atoms. The number of carbonyl (C=O) groups is 1. The van der Waals surface area contributed by atoms with E-state index in [4.69, 9.17) is 5.26 Å². The van der Waals surface area contributed by atoms with Crippen LogP contribution in [0, 0.1) is 11.3 Å². The summed E-state index contributed by atoms with van der Waals surface area (Å²) in [7, 11) is -3.89. The second kappa shape index (κ2) is 9.51. The van der Waals surface area contributed by atoms with Gasteiger partial charge in [0, 0.05) is 25.2 Å². The molecule has 176 valence electrons. The summed E-state index contributed by atoms with van der Waals surface area (Å²) in [5.41, 5.74) is -1.03. The van der Waals surface area contributed by atoms with Crippen molar-refractivity contribution in [1.82, 2.24) is 9.21 Å². The van der Waals surface area contributed by atoms with E-state index in [0.717, 1.165) is 6.07 Å². The van der Waals surface area contributed by atoms with E-state index in [1.54, 1.807) is 18.7 Å². The second-order valence-electron chi connectivity index (χ2n) is 7.96. The molecule has 3 rings (SSSR count). The molecule has 0 saturated carbocycles. The number of para-hydroxylation sites is 1. The standard InChI is InChI=1S/C22H23F3N4O3S/c1-15-12-28(14-21(30)27-20-9-4-3-8-19(20)22(23,24)25)13-16(2)29(15)33(31,32)18-7-5-6-17(10-18)11-26/h3-10,15-16H,12-14H2,1-2H3,(H,27,30)/t15-,16+. The molecule has 1 fully saturated rings. The second-order valence-corrected chi connectivity index (χ2v) is 9.80. The van der Waals surface area contributed by atoms with Gasteiger partial charge in [0.2, 0.25) is 15.9 Å². The molecule has 1 aliphatic rings. The van der Waals surface area contributed by atoms with Crippen molar-refractivity contribution in [3.05, 3.63) is 59.7 Å². The van der Waals surface area contributed by atoms with E-state index in [0.29, 0.717) is 0 Å². The zero-order valence-electron chi connectivity index (χ0n) is 18.0. The number of benzene rings is 2. The minimum Gasteiger partial charge on any atom is -0.324 e. The number of nitriles is 1. The molecule has 11 heteroatoms. The smallest absolute Gasteiger partial charge is 0.324 e. The third-order valence-corrected chi connectivity index (χ3v) is 7.45. The Morgan fingerprint density at radius 3 is 2.36 bits per heavy atom. The third kappa shape index (κ3) is 5.52. The number of halogens is 3. The van der Waals surface area contributed by atoms with Crippen molar-refractivity contribution in [3.8, 4) is 6.07 Å². The quantitative estimate of drug-likeness (QED) is 0.709. The van der Waals surface area contributed by atoms with E-state index in [9.17, 15) is 26.4 Å². The van der Waals surface area contributed by atoms with Gasteiger partial charge in [0.05, 0.1) is 34.3 Å². The van der Waals surface area contributed by atoms with Crippen LogP contribution in [0.1, 0.15) is 25.0 Å². The van der Waals surface area contributed by atoms with Crippen LogP contribution in [0.25, 0.3) is 0 Å². The number of carbonyl (C=O) groups excluding carboxylic acids is 1. The van der Waals surface area contributed by atoms with E-state index in [1.807, 2.05) is 6.07 Å². The molecule has 33 heavy (non-hydrogen) atoms. The summed E-state index contributed by atoms with van der Waals surface area (Å²) in [4.78, 5) is 14.2. The molecular formula is C22H23F3N4O3S. The lowest BCUT2D eigenvalue weighted by molar-refractivity contribution is -0.137. The van der Waals surface area contributed by atoms with Crippen LogP contribution in [0.2, 0.25) is 0 Å². The van der Waals surface area contributed by atoms with Gasteiger partial charge in [-0.3, -0.25) is 9.69 Å². The van der Waals surface area contributed by atoms with Gasteiger partial charge in [0.25, 0.3) is 0 Å². The molecule has 0 bridgehead atoms. The van der Waals surface area contributed by atoms with Crippen molar-refractivity contribution >= 4 is 21.6 Å². The molecule has 2 aromatic carbocycles. The average Bonchev–Trinajstić information content (AvgIpc) is 2.72. The normalized spacial score (nSPS) is 20.2. The van der Waals surface area contributed by atoms with E-state index in [-0.39, 0.29) is 35.8 Å². The summed E-state index contributed by atoms with van der Waals surface area (Å²) in [6.07, 6.45) is -4.60. The first-order chi connectivity index (χ1) is 15.4. The van der Waals surface area contributed by atoms with Crippen LogP contribution in [-0.4, -0.2) is 55.2 Å². The molecule has 0 unspecified atom stereocenters. The van der Waals surface area contributed by atoms with Gasteiger partial charge in [-0.1, -0.05) is 18.2 Å². The van der Waals surface area contributed by atoms with Gasteiger partial charge in [-0.25, -0.2) is 8.42 Å². The minimum atomic E-state index is -4.60. The largest absolute Gasteiger partial charge is 0.418 e. The first-order valence-electron chi connectivity index (χ1n) is 10.2. The number of nitrogens with one attached hydrogen (secondary N) is 1. The lowest BCUT2D eigenvalue weighted by Gasteiger charge is -2.43. The molecule has 0 aromatic heterocycles. The van der Waals surface area contributed by atoms with Gasteiger partial charge in [0.15, 0.2) is 0 Å². The zero-order chi connectivity index (χ0) is 24.4. The SMILES string of the molecule is C[C@@H]1CN(CC(=O)Nc2ccccc2C(F)(F)F)C[C@H](C)N1S(=O)(=O)c1cccc(C#N)c1. The molecule has 1 heterocycles. The third-order valence-electron chi connectivity index (χ3n) is 5.33. The Kier molecular flexibility index (Phi) is 7.11. The first kappa shape index (κ1) is 24.7. The number of hydrogen-bond donors (Lipinski definition) is 1. The highest BCUT2D eigenvalue weighted by Gasteiger charge is 2.39.